The van der Waals surface area contributed by atoms with Crippen LogP contribution in [0.1, 0.15) is 29.5 Å². The van der Waals surface area contributed by atoms with Gasteiger partial charge in [0.1, 0.15) is 11.5 Å². The van der Waals surface area contributed by atoms with Crippen LogP contribution in [0.15, 0.2) is 42.5 Å². The Morgan fingerprint density at radius 3 is 2.72 bits per heavy atom. The van der Waals surface area contributed by atoms with E-state index in [-0.39, 0.29) is 12.5 Å². The second kappa shape index (κ2) is 8.56. The summed E-state index contributed by atoms with van der Waals surface area (Å²) >= 11 is 0. The first-order valence-electron chi connectivity index (χ1n) is 8.89. The molecular formula is C21H25NO3. The molecule has 4 nitrogen and oxygen atoms in total. The molecule has 0 atom stereocenters. The summed E-state index contributed by atoms with van der Waals surface area (Å²) in [7, 11) is 1.66. The molecule has 0 unspecified atom stereocenters. The average Bonchev–Trinajstić information content (AvgIpc) is 2.66. The highest BCUT2D eigenvalue weighted by atomic mass is 16.5. The second-order valence-electron chi connectivity index (χ2n) is 6.34. The Labute approximate surface area is 149 Å². The van der Waals surface area contributed by atoms with E-state index in [1.54, 1.807) is 7.11 Å². The van der Waals surface area contributed by atoms with Crippen molar-refractivity contribution < 1.29 is 14.3 Å². The van der Waals surface area contributed by atoms with Gasteiger partial charge in [-0.3, -0.25) is 4.79 Å². The van der Waals surface area contributed by atoms with Crippen molar-refractivity contribution in [3.05, 3.63) is 59.2 Å². The van der Waals surface area contributed by atoms with Gasteiger partial charge in [0.05, 0.1) is 7.11 Å². The van der Waals surface area contributed by atoms with Gasteiger partial charge in [0, 0.05) is 6.54 Å². The molecule has 1 amide bonds. The van der Waals surface area contributed by atoms with Gasteiger partial charge in [-0.25, -0.2) is 0 Å². The molecule has 1 aliphatic rings. The first-order chi connectivity index (χ1) is 12.3. The lowest BCUT2D eigenvalue weighted by Crippen LogP contribution is -2.30. The lowest BCUT2D eigenvalue weighted by molar-refractivity contribution is -0.123. The number of hydrogen-bond acceptors (Lipinski definition) is 3. The first kappa shape index (κ1) is 17.3. The van der Waals surface area contributed by atoms with Crippen molar-refractivity contribution in [2.24, 2.45) is 0 Å². The van der Waals surface area contributed by atoms with Crippen molar-refractivity contribution in [3.8, 4) is 11.5 Å². The topological polar surface area (TPSA) is 47.6 Å². The number of amides is 1. The molecule has 4 heteroatoms. The summed E-state index contributed by atoms with van der Waals surface area (Å²) in [4.78, 5) is 12.0. The van der Waals surface area contributed by atoms with E-state index in [9.17, 15) is 4.79 Å². The highest BCUT2D eigenvalue weighted by Crippen LogP contribution is 2.25. The lowest BCUT2D eigenvalue weighted by atomic mass is 9.92. The van der Waals surface area contributed by atoms with Crippen LogP contribution in [0.4, 0.5) is 0 Å². The predicted molar refractivity (Wildman–Crippen MR) is 98.3 cm³/mol. The number of nitrogens with one attached hydrogen (secondary N) is 1. The normalized spacial score (nSPS) is 13.0. The van der Waals surface area contributed by atoms with Crippen LogP contribution in [-0.4, -0.2) is 26.2 Å². The number of carbonyl (C=O) groups is 1. The summed E-state index contributed by atoms with van der Waals surface area (Å²) in [5.74, 6) is 1.52. The largest absolute Gasteiger partial charge is 0.496 e. The highest BCUT2D eigenvalue weighted by molar-refractivity contribution is 5.77. The molecule has 0 radical (unpaired) electrons. The van der Waals surface area contributed by atoms with E-state index in [1.165, 1.54) is 24.0 Å². The van der Waals surface area contributed by atoms with Gasteiger partial charge in [0.2, 0.25) is 0 Å². The second-order valence-corrected chi connectivity index (χ2v) is 6.34. The molecular weight excluding hydrogens is 314 g/mol. The molecule has 0 saturated heterocycles. The number of para-hydroxylation sites is 1. The van der Waals surface area contributed by atoms with Crippen LogP contribution in [0.25, 0.3) is 0 Å². The Kier molecular flexibility index (Phi) is 5.94. The maximum atomic E-state index is 12.0. The number of aryl methyl sites for hydroxylation is 2. The van der Waals surface area contributed by atoms with Crippen LogP contribution >= 0.6 is 0 Å². The summed E-state index contributed by atoms with van der Waals surface area (Å²) in [6.07, 6.45) is 5.49. The molecule has 1 aliphatic carbocycles. The third-order valence-corrected chi connectivity index (χ3v) is 4.60. The Bertz CT molecular complexity index is 727. The van der Waals surface area contributed by atoms with E-state index in [1.807, 2.05) is 30.3 Å². The van der Waals surface area contributed by atoms with Crippen molar-refractivity contribution in [1.29, 1.82) is 0 Å². The fraction of sp³-hybridized carbons (Fsp3) is 0.381. The fourth-order valence-corrected chi connectivity index (χ4v) is 3.25. The van der Waals surface area contributed by atoms with Crippen molar-refractivity contribution in [1.82, 2.24) is 5.32 Å². The zero-order valence-electron chi connectivity index (χ0n) is 14.7. The van der Waals surface area contributed by atoms with E-state index >= 15 is 0 Å². The quantitative estimate of drug-likeness (QED) is 0.842. The van der Waals surface area contributed by atoms with Crippen LogP contribution in [0.3, 0.4) is 0 Å². The maximum Gasteiger partial charge on any atom is 0.257 e. The SMILES string of the molecule is COc1ccccc1CCNC(=O)COc1ccc2c(c1)CCCC2. The number of fused-ring (bicyclic) bond motifs is 1. The van der Waals surface area contributed by atoms with Crippen LogP contribution in [0.5, 0.6) is 11.5 Å². The fourth-order valence-electron chi connectivity index (χ4n) is 3.25. The number of ether oxygens (including phenoxy) is 2. The smallest absolute Gasteiger partial charge is 0.257 e. The van der Waals surface area contributed by atoms with Gasteiger partial charge < -0.3 is 14.8 Å². The molecule has 0 spiro atoms. The first-order valence-corrected chi connectivity index (χ1v) is 8.89. The van der Waals surface area contributed by atoms with Crippen molar-refractivity contribution in [3.63, 3.8) is 0 Å². The highest BCUT2D eigenvalue weighted by Gasteiger charge is 2.11. The molecule has 1 N–H and O–H groups in total. The van der Waals surface area contributed by atoms with Crippen LogP contribution in [-0.2, 0) is 24.1 Å². The van der Waals surface area contributed by atoms with Gasteiger partial charge in [-0.2, -0.15) is 0 Å². The molecule has 0 heterocycles. The van der Waals surface area contributed by atoms with Gasteiger partial charge in [-0.15, -0.1) is 0 Å². The van der Waals surface area contributed by atoms with Crippen molar-refractivity contribution in [2.75, 3.05) is 20.3 Å². The number of rotatable bonds is 7. The van der Waals surface area contributed by atoms with Gasteiger partial charge in [-0.05, 0) is 67.0 Å². The zero-order chi connectivity index (χ0) is 17.5. The van der Waals surface area contributed by atoms with Crippen molar-refractivity contribution in [2.45, 2.75) is 32.1 Å². The summed E-state index contributed by atoms with van der Waals surface area (Å²) < 4.78 is 11.0. The number of benzene rings is 2. The Balaban J connectivity index is 1.44. The Morgan fingerprint density at radius 1 is 1.08 bits per heavy atom. The van der Waals surface area contributed by atoms with Crippen LogP contribution in [0, 0.1) is 0 Å². The van der Waals surface area contributed by atoms with Crippen molar-refractivity contribution >= 4 is 5.91 Å². The molecule has 2 aromatic rings. The third kappa shape index (κ3) is 4.75. The van der Waals surface area contributed by atoms with E-state index in [2.05, 4.69) is 17.4 Å². The summed E-state index contributed by atoms with van der Waals surface area (Å²) in [5, 5.41) is 2.90. The van der Waals surface area contributed by atoms with Gasteiger partial charge in [-0.1, -0.05) is 24.3 Å². The molecule has 0 bridgehead atoms. The third-order valence-electron chi connectivity index (χ3n) is 4.60. The number of hydrogen-bond donors (Lipinski definition) is 1. The average molecular weight is 339 g/mol. The molecule has 3 rings (SSSR count). The lowest BCUT2D eigenvalue weighted by Gasteiger charge is -2.16. The minimum Gasteiger partial charge on any atom is -0.496 e. The minimum absolute atomic E-state index is 0.0463. The van der Waals surface area contributed by atoms with Gasteiger partial charge in [0.25, 0.3) is 5.91 Å². The molecule has 0 fully saturated rings. The van der Waals surface area contributed by atoms with E-state index in [0.29, 0.717) is 6.54 Å². The molecule has 0 saturated carbocycles. The summed E-state index contributed by atoms with van der Waals surface area (Å²) in [6.45, 7) is 0.609. The predicted octanol–water partition coefficient (Wildman–Crippen LogP) is 3.31. The molecule has 0 aliphatic heterocycles. The van der Waals surface area contributed by atoms with Crippen LogP contribution < -0.4 is 14.8 Å². The van der Waals surface area contributed by atoms with E-state index in [0.717, 1.165) is 36.3 Å². The maximum absolute atomic E-state index is 12.0. The number of methoxy groups -OCH3 is 1. The molecule has 0 aromatic heterocycles. The van der Waals surface area contributed by atoms with E-state index in [4.69, 9.17) is 9.47 Å². The molecule has 132 valence electrons. The van der Waals surface area contributed by atoms with Gasteiger partial charge in [0.15, 0.2) is 6.61 Å². The monoisotopic (exact) mass is 339 g/mol. The van der Waals surface area contributed by atoms with Gasteiger partial charge >= 0.3 is 0 Å². The van der Waals surface area contributed by atoms with E-state index < -0.39 is 0 Å². The molecule has 25 heavy (non-hydrogen) atoms. The Morgan fingerprint density at radius 2 is 1.88 bits per heavy atom. The van der Waals surface area contributed by atoms with Crippen LogP contribution in [0.2, 0.25) is 0 Å². The zero-order valence-corrected chi connectivity index (χ0v) is 14.7. The minimum atomic E-state index is -0.104. The molecule has 2 aromatic carbocycles. The Hall–Kier alpha value is -2.49. The number of carbonyl (C=O) groups excluding carboxylic acids is 1. The summed E-state index contributed by atoms with van der Waals surface area (Å²) in [5.41, 5.74) is 3.86. The standard InChI is InChI=1S/C21H25NO3/c1-24-20-9-5-4-7-17(20)12-13-22-21(23)15-25-19-11-10-16-6-2-3-8-18(16)14-19/h4-5,7,9-11,14H,2-3,6,8,12-13,15H2,1H3,(H,22,23). The summed E-state index contributed by atoms with van der Waals surface area (Å²) in [6, 6.07) is 14.0.